The van der Waals surface area contributed by atoms with Gasteiger partial charge in [0.05, 0.1) is 9.38 Å². The average molecular weight is 522 g/mol. The van der Waals surface area contributed by atoms with E-state index in [4.69, 9.17) is 16.6 Å². The first-order valence-corrected chi connectivity index (χ1v) is 12.7. The third kappa shape index (κ3) is 5.21. The van der Waals surface area contributed by atoms with E-state index in [0.717, 1.165) is 41.4 Å². The molecule has 1 fully saturated rings. The van der Waals surface area contributed by atoms with Gasteiger partial charge in [-0.25, -0.2) is 13.1 Å². The third-order valence-electron chi connectivity index (χ3n) is 5.22. The molecule has 4 nitrogen and oxygen atoms in total. The molecule has 4 rings (SSSR count). The van der Waals surface area contributed by atoms with E-state index in [1.165, 1.54) is 5.56 Å². The Morgan fingerprint density at radius 3 is 2.61 bits per heavy atom. The maximum absolute atomic E-state index is 12.7. The second kappa shape index (κ2) is 9.62. The number of thiophene rings is 1. The van der Waals surface area contributed by atoms with E-state index < -0.39 is 10.0 Å². The summed E-state index contributed by atoms with van der Waals surface area (Å²) in [5.74, 6) is 1.49. The van der Waals surface area contributed by atoms with Gasteiger partial charge in [-0.05, 0) is 48.8 Å². The number of benzene rings is 1. The molecule has 3 unspecified atom stereocenters. The highest BCUT2D eigenvalue weighted by atomic mass is 79.9. The minimum absolute atomic E-state index is 0. The van der Waals surface area contributed by atoms with Gasteiger partial charge >= 0.3 is 0 Å². The smallest absolute Gasteiger partial charge is 0.250 e. The normalized spacial score (nSPS) is 24.3. The molecular weight excluding hydrogens is 500 g/mol. The van der Waals surface area contributed by atoms with Crippen LogP contribution in [0.25, 0.3) is 0 Å². The molecule has 9 heteroatoms. The molecule has 1 aliphatic carbocycles. The van der Waals surface area contributed by atoms with Gasteiger partial charge in [-0.1, -0.05) is 41.9 Å². The molecule has 1 aromatic heterocycles. The first-order valence-electron chi connectivity index (χ1n) is 8.99. The van der Waals surface area contributed by atoms with E-state index >= 15 is 0 Å². The third-order valence-corrected chi connectivity index (χ3v) is 9.50. The van der Waals surface area contributed by atoms with Crippen LogP contribution in [0.2, 0.25) is 4.34 Å². The number of nitrogens with zero attached hydrogens (tertiary/aromatic N) is 1. The molecule has 0 spiro atoms. The topological polar surface area (TPSA) is 58.5 Å². The number of halogens is 2. The summed E-state index contributed by atoms with van der Waals surface area (Å²) in [7, 11) is -3.53. The Kier molecular flexibility index (Phi) is 7.66. The molecule has 0 saturated heterocycles. The Labute approximate surface area is 190 Å². The van der Waals surface area contributed by atoms with Crippen molar-refractivity contribution in [3.63, 3.8) is 0 Å². The molecule has 2 heterocycles. The van der Waals surface area contributed by atoms with E-state index in [1.54, 1.807) is 23.9 Å². The van der Waals surface area contributed by atoms with Crippen molar-refractivity contribution in [1.82, 2.24) is 4.72 Å². The lowest BCUT2D eigenvalue weighted by atomic mass is 9.98. The van der Waals surface area contributed by atoms with Crippen LogP contribution in [0.1, 0.15) is 24.8 Å². The number of nitrogens with one attached hydrogen (secondary N) is 1. The number of thioether (sulfide) groups is 1. The number of aliphatic imine (C=N–C) groups is 1. The Balaban J connectivity index is 0.00000225. The van der Waals surface area contributed by atoms with Gasteiger partial charge < -0.3 is 0 Å². The quantitative estimate of drug-likeness (QED) is 0.574. The minimum atomic E-state index is -3.53. The van der Waals surface area contributed by atoms with Crippen LogP contribution < -0.4 is 4.72 Å². The van der Waals surface area contributed by atoms with Crippen molar-refractivity contribution in [3.8, 4) is 0 Å². The Bertz CT molecular complexity index is 934. The summed E-state index contributed by atoms with van der Waals surface area (Å²) in [5.41, 5.74) is 1.28. The molecule has 0 amide bonds. The van der Waals surface area contributed by atoms with E-state index in [2.05, 4.69) is 16.9 Å². The molecular formula is C19H22BrClN2O2S3. The largest absolute Gasteiger partial charge is 0.283 e. The van der Waals surface area contributed by atoms with Gasteiger partial charge in [0.1, 0.15) is 4.21 Å². The zero-order valence-electron chi connectivity index (χ0n) is 15.1. The highest BCUT2D eigenvalue weighted by Crippen LogP contribution is 2.39. The van der Waals surface area contributed by atoms with Crippen molar-refractivity contribution in [3.05, 3.63) is 52.4 Å². The fourth-order valence-electron chi connectivity index (χ4n) is 3.83. The lowest BCUT2D eigenvalue weighted by Gasteiger charge is -2.22. The number of fused-ring (bicyclic) bond motifs is 2. The van der Waals surface area contributed by atoms with Crippen LogP contribution >= 0.6 is 51.7 Å². The first-order chi connectivity index (χ1) is 13.0. The van der Waals surface area contributed by atoms with Crippen LogP contribution in [0, 0.1) is 11.8 Å². The standard InChI is InChI=1S/C19H21ClN2O2S3.BrH/c20-16-8-9-18(26-16)27(23,24)22-19-14-6-7-15(19)11-21-17(10-14)25-12-13-4-2-1-3-5-13;/h1-5,8-9,14-15,19,22H,6-7,10-12H2;1H. The van der Waals surface area contributed by atoms with Gasteiger partial charge in [0.25, 0.3) is 0 Å². The highest BCUT2D eigenvalue weighted by molar-refractivity contribution is 8.93. The van der Waals surface area contributed by atoms with Crippen LogP contribution in [-0.2, 0) is 15.8 Å². The monoisotopic (exact) mass is 520 g/mol. The van der Waals surface area contributed by atoms with Crippen LogP contribution in [0.3, 0.4) is 0 Å². The summed E-state index contributed by atoms with van der Waals surface area (Å²) < 4.78 is 29.2. The predicted molar refractivity (Wildman–Crippen MR) is 125 cm³/mol. The summed E-state index contributed by atoms with van der Waals surface area (Å²) in [6, 6.07) is 13.5. The van der Waals surface area contributed by atoms with E-state index in [9.17, 15) is 8.42 Å². The van der Waals surface area contributed by atoms with Crippen molar-refractivity contribution >= 4 is 66.7 Å². The molecule has 1 aromatic carbocycles. The number of hydrogen-bond acceptors (Lipinski definition) is 5. The van der Waals surface area contributed by atoms with Gasteiger partial charge in [-0.2, -0.15) is 0 Å². The Hall–Kier alpha value is -0.380. The second-order valence-corrected chi connectivity index (χ2v) is 11.7. The zero-order chi connectivity index (χ0) is 18.9. The van der Waals surface area contributed by atoms with Crippen LogP contribution in [0.15, 0.2) is 51.7 Å². The fraction of sp³-hybridized carbons (Fsp3) is 0.421. The summed E-state index contributed by atoms with van der Waals surface area (Å²) in [6.07, 6.45) is 2.93. The molecule has 1 saturated carbocycles. The molecule has 1 aliphatic heterocycles. The molecule has 3 atom stereocenters. The lowest BCUT2D eigenvalue weighted by molar-refractivity contribution is 0.399. The molecule has 2 bridgehead atoms. The summed E-state index contributed by atoms with van der Waals surface area (Å²) >= 11 is 8.80. The molecule has 28 heavy (non-hydrogen) atoms. The number of sulfonamides is 1. The van der Waals surface area contributed by atoms with Crippen molar-refractivity contribution in [2.45, 2.75) is 35.3 Å². The van der Waals surface area contributed by atoms with Gasteiger partial charge in [0, 0.05) is 18.3 Å². The molecule has 0 radical (unpaired) electrons. The molecule has 2 aromatic rings. The van der Waals surface area contributed by atoms with Crippen molar-refractivity contribution in [2.75, 3.05) is 6.54 Å². The van der Waals surface area contributed by atoms with Crippen LogP contribution in [-0.4, -0.2) is 26.0 Å². The van der Waals surface area contributed by atoms with Gasteiger partial charge in [-0.3, -0.25) is 4.99 Å². The Morgan fingerprint density at radius 1 is 1.14 bits per heavy atom. The lowest BCUT2D eigenvalue weighted by Crippen LogP contribution is -2.41. The summed E-state index contributed by atoms with van der Waals surface area (Å²) in [6.45, 7) is 0.700. The van der Waals surface area contributed by atoms with E-state index in [1.807, 2.05) is 18.2 Å². The van der Waals surface area contributed by atoms with Gasteiger partial charge in [0.2, 0.25) is 10.0 Å². The van der Waals surface area contributed by atoms with Gasteiger partial charge in [-0.15, -0.1) is 40.1 Å². The van der Waals surface area contributed by atoms with Crippen LogP contribution in [0.5, 0.6) is 0 Å². The molecule has 152 valence electrons. The van der Waals surface area contributed by atoms with E-state index in [-0.39, 0.29) is 33.2 Å². The predicted octanol–water partition coefficient (Wildman–Crippen LogP) is 5.39. The van der Waals surface area contributed by atoms with Crippen molar-refractivity contribution < 1.29 is 8.42 Å². The molecule has 1 N–H and O–H groups in total. The average Bonchev–Trinajstić information content (AvgIpc) is 3.19. The summed E-state index contributed by atoms with van der Waals surface area (Å²) in [5, 5.41) is 1.15. The maximum atomic E-state index is 12.7. The number of hydrogen-bond donors (Lipinski definition) is 1. The fourth-order valence-corrected chi connectivity index (χ4v) is 7.73. The van der Waals surface area contributed by atoms with Crippen LogP contribution in [0.4, 0.5) is 0 Å². The van der Waals surface area contributed by atoms with Crippen molar-refractivity contribution in [1.29, 1.82) is 0 Å². The van der Waals surface area contributed by atoms with Crippen molar-refractivity contribution in [2.24, 2.45) is 16.8 Å². The minimum Gasteiger partial charge on any atom is -0.283 e. The first kappa shape index (κ1) is 22.3. The second-order valence-electron chi connectivity index (χ2n) is 7.02. The van der Waals surface area contributed by atoms with E-state index in [0.29, 0.717) is 16.8 Å². The summed E-state index contributed by atoms with van der Waals surface area (Å²) in [4.78, 5) is 4.80. The maximum Gasteiger partial charge on any atom is 0.250 e. The Morgan fingerprint density at radius 2 is 1.89 bits per heavy atom. The zero-order valence-corrected chi connectivity index (χ0v) is 20.0. The van der Waals surface area contributed by atoms with Gasteiger partial charge in [0.15, 0.2) is 0 Å². The molecule has 2 aliphatic rings. The number of rotatable bonds is 5. The highest BCUT2D eigenvalue weighted by Gasteiger charge is 2.41. The SMILES string of the molecule is Br.O=S(=O)(NC1C2CCC1CC(SCc1ccccc1)=NC2)c1ccc(Cl)s1.